The lowest BCUT2D eigenvalue weighted by Crippen LogP contribution is -1.92. The zero-order valence-corrected chi connectivity index (χ0v) is 14.3. The van der Waals surface area contributed by atoms with Gasteiger partial charge in [0.25, 0.3) is 5.69 Å². The average Bonchev–Trinajstić information content (AvgIpc) is 3.28. The van der Waals surface area contributed by atoms with Crippen molar-refractivity contribution in [3.05, 3.63) is 76.0 Å². The number of furan rings is 1. The summed E-state index contributed by atoms with van der Waals surface area (Å²) in [5.74, 6) is 1.56. The Morgan fingerprint density at radius 1 is 1.22 bits per heavy atom. The highest BCUT2D eigenvalue weighted by atomic mass is 16.6. The molecule has 2 aromatic carbocycles. The molecule has 0 aliphatic carbocycles. The summed E-state index contributed by atoms with van der Waals surface area (Å²) in [4.78, 5) is 18.1. The third-order valence-electron chi connectivity index (χ3n) is 4.07. The molecule has 0 amide bonds. The monoisotopic (exact) mass is 361 g/mol. The Morgan fingerprint density at radius 2 is 2.07 bits per heavy atom. The van der Waals surface area contributed by atoms with Crippen molar-refractivity contribution >= 4 is 28.9 Å². The number of nitro benzene ring substituents is 1. The van der Waals surface area contributed by atoms with Crippen LogP contribution in [0.2, 0.25) is 0 Å². The first kappa shape index (κ1) is 16.5. The van der Waals surface area contributed by atoms with Crippen molar-refractivity contribution in [1.29, 1.82) is 0 Å². The number of aromatic nitrogens is 2. The van der Waals surface area contributed by atoms with Crippen molar-refractivity contribution in [3.63, 3.8) is 0 Å². The number of hydrazone groups is 1. The Bertz CT molecular complexity index is 1130. The molecule has 0 bridgehead atoms. The quantitative estimate of drug-likeness (QED) is 0.309. The molecule has 0 aliphatic heterocycles. The van der Waals surface area contributed by atoms with E-state index in [-0.39, 0.29) is 5.69 Å². The maximum absolute atomic E-state index is 11.1. The smallest absolute Gasteiger partial charge is 0.273 e. The fraction of sp³-hybridized carbons (Fsp3) is 0.0526. The molecule has 0 unspecified atom stereocenters. The van der Waals surface area contributed by atoms with E-state index in [1.165, 1.54) is 12.3 Å². The third kappa shape index (κ3) is 3.40. The van der Waals surface area contributed by atoms with E-state index in [1.54, 1.807) is 31.2 Å². The summed E-state index contributed by atoms with van der Waals surface area (Å²) in [7, 11) is 0. The summed E-state index contributed by atoms with van der Waals surface area (Å²) < 4.78 is 5.70. The van der Waals surface area contributed by atoms with Crippen LogP contribution >= 0.6 is 0 Å². The first-order chi connectivity index (χ1) is 13.1. The highest BCUT2D eigenvalue weighted by Gasteiger charge is 2.13. The van der Waals surface area contributed by atoms with Gasteiger partial charge in [-0.1, -0.05) is 24.3 Å². The van der Waals surface area contributed by atoms with Gasteiger partial charge in [-0.25, -0.2) is 10.4 Å². The van der Waals surface area contributed by atoms with Crippen molar-refractivity contribution in [1.82, 2.24) is 9.97 Å². The van der Waals surface area contributed by atoms with Crippen LogP contribution in [-0.2, 0) is 0 Å². The summed E-state index contributed by atoms with van der Waals surface area (Å²) in [6.45, 7) is 1.70. The zero-order valence-electron chi connectivity index (χ0n) is 14.3. The number of rotatable bonds is 5. The Kier molecular flexibility index (Phi) is 4.13. The van der Waals surface area contributed by atoms with E-state index in [4.69, 9.17) is 4.42 Å². The molecule has 2 aromatic heterocycles. The Hall–Kier alpha value is -3.94. The van der Waals surface area contributed by atoms with Gasteiger partial charge >= 0.3 is 0 Å². The van der Waals surface area contributed by atoms with Gasteiger partial charge in [0.05, 0.1) is 22.2 Å². The minimum Gasteiger partial charge on any atom is -0.455 e. The van der Waals surface area contributed by atoms with E-state index in [2.05, 4.69) is 20.5 Å². The largest absolute Gasteiger partial charge is 0.455 e. The summed E-state index contributed by atoms with van der Waals surface area (Å²) in [5, 5.41) is 15.2. The highest BCUT2D eigenvalue weighted by Crippen LogP contribution is 2.27. The second kappa shape index (κ2) is 6.75. The fourth-order valence-electron chi connectivity index (χ4n) is 2.70. The number of aryl methyl sites for hydroxylation is 1. The molecule has 134 valence electrons. The zero-order chi connectivity index (χ0) is 18.8. The molecule has 2 N–H and O–H groups in total. The number of nitrogens with one attached hydrogen (secondary N) is 2. The van der Waals surface area contributed by atoms with E-state index in [9.17, 15) is 10.1 Å². The first-order valence-electron chi connectivity index (χ1n) is 8.19. The number of H-pyrrole nitrogens is 1. The highest BCUT2D eigenvalue weighted by molar-refractivity contribution is 5.79. The number of hydrogen-bond donors (Lipinski definition) is 2. The van der Waals surface area contributed by atoms with Gasteiger partial charge in [0.15, 0.2) is 0 Å². The number of fused-ring (bicyclic) bond motifs is 1. The van der Waals surface area contributed by atoms with Crippen LogP contribution in [0.25, 0.3) is 22.4 Å². The molecule has 8 nitrogen and oxygen atoms in total. The maximum Gasteiger partial charge on any atom is 0.273 e. The van der Waals surface area contributed by atoms with Gasteiger partial charge in [-0.15, -0.1) is 0 Å². The standard InChI is InChI=1S/C19H15N5O3/c1-12-6-7-13(10-17(12)24(25)26)18-9-8-14(27-18)11-20-23-19-21-15-4-2-3-5-16(15)22-19/h2-11H,1H3,(H2,21,22,23)/b20-11-. The van der Waals surface area contributed by atoms with E-state index in [0.717, 1.165) is 11.0 Å². The second-order valence-corrected chi connectivity index (χ2v) is 5.93. The van der Waals surface area contributed by atoms with Crippen molar-refractivity contribution in [2.24, 2.45) is 5.10 Å². The molecule has 2 heterocycles. The van der Waals surface area contributed by atoms with Crippen LogP contribution in [0, 0.1) is 17.0 Å². The molecule has 4 aromatic rings. The fourth-order valence-corrected chi connectivity index (χ4v) is 2.70. The number of benzene rings is 2. The van der Waals surface area contributed by atoms with Crippen LogP contribution in [0.1, 0.15) is 11.3 Å². The van der Waals surface area contributed by atoms with Gasteiger partial charge < -0.3 is 9.40 Å². The van der Waals surface area contributed by atoms with Crippen molar-refractivity contribution in [2.75, 3.05) is 5.43 Å². The minimum atomic E-state index is -0.401. The van der Waals surface area contributed by atoms with E-state index >= 15 is 0 Å². The summed E-state index contributed by atoms with van der Waals surface area (Å²) >= 11 is 0. The molecule has 0 spiro atoms. The molecule has 0 saturated heterocycles. The molecule has 0 radical (unpaired) electrons. The predicted molar refractivity (Wildman–Crippen MR) is 103 cm³/mol. The molecule has 0 saturated carbocycles. The van der Waals surface area contributed by atoms with Crippen LogP contribution < -0.4 is 5.43 Å². The van der Waals surface area contributed by atoms with Crippen molar-refractivity contribution < 1.29 is 9.34 Å². The Balaban J connectivity index is 1.50. The van der Waals surface area contributed by atoms with Gasteiger partial charge in [-0.05, 0) is 31.2 Å². The van der Waals surface area contributed by atoms with Gasteiger partial charge in [-0.2, -0.15) is 5.10 Å². The number of hydrogen-bond acceptors (Lipinski definition) is 6. The Labute approximate surface area is 153 Å². The molecule has 0 atom stereocenters. The lowest BCUT2D eigenvalue weighted by Gasteiger charge is -2.00. The van der Waals surface area contributed by atoms with Crippen molar-refractivity contribution in [2.45, 2.75) is 6.92 Å². The normalized spacial score (nSPS) is 11.3. The molecular weight excluding hydrogens is 346 g/mol. The average molecular weight is 361 g/mol. The summed E-state index contributed by atoms with van der Waals surface area (Å²) in [6, 6.07) is 16.1. The molecule has 0 fully saturated rings. The molecular formula is C19H15N5O3. The third-order valence-corrected chi connectivity index (χ3v) is 4.07. The number of anilines is 1. The first-order valence-corrected chi connectivity index (χ1v) is 8.19. The van der Waals surface area contributed by atoms with Crippen LogP contribution in [0.3, 0.4) is 0 Å². The number of para-hydroxylation sites is 2. The van der Waals surface area contributed by atoms with Gasteiger partial charge in [0.2, 0.25) is 5.95 Å². The van der Waals surface area contributed by atoms with E-state index in [1.807, 2.05) is 24.3 Å². The van der Waals surface area contributed by atoms with E-state index < -0.39 is 4.92 Å². The van der Waals surface area contributed by atoms with Gasteiger partial charge in [0, 0.05) is 17.2 Å². The lowest BCUT2D eigenvalue weighted by molar-refractivity contribution is -0.385. The van der Waals surface area contributed by atoms with Crippen LogP contribution in [0.15, 0.2) is 64.1 Å². The summed E-state index contributed by atoms with van der Waals surface area (Å²) in [5.41, 5.74) is 5.87. The topological polar surface area (TPSA) is 109 Å². The number of nitrogens with zero attached hydrogens (tertiary/aromatic N) is 3. The van der Waals surface area contributed by atoms with E-state index in [0.29, 0.717) is 28.6 Å². The maximum atomic E-state index is 11.1. The Morgan fingerprint density at radius 3 is 2.89 bits per heavy atom. The van der Waals surface area contributed by atoms with Gasteiger partial charge in [0.1, 0.15) is 11.5 Å². The van der Waals surface area contributed by atoms with Gasteiger partial charge in [-0.3, -0.25) is 10.1 Å². The minimum absolute atomic E-state index is 0.0608. The SMILES string of the molecule is Cc1ccc(-c2ccc(/C=N\Nc3nc4ccccc4[nH]3)o2)cc1[N+](=O)[O-]. The molecule has 4 rings (SSSR count). The van der Waals surface area contributed by atoms with Crippen LogP contribution in [0.5, 0.6) is 0 Å². The molecule has 0 aliphatic rings. The second-order valence-electron chi connectivity index (χ2n) is 5.93. The molecule has 27 heavy (non-hydrogen) atoms. The van der Waals surface area contributed by atoms with Crippen molar-refractivity contribution in [3.8, 4) is 11.3 Å². The number of nitro groups is 1. The van der Waals surface area contributed by atoms with Crippen LogP contribution in [0.4, 0.5) is 11.6 Å². The van der Waals surface area contributed by atoms with Crippen LogP contribution in [-0.4, -0.2) is 21.1 Å². The predicted octanol–water partition coefficient (Wildman–Crippen LogP) is 4.49. The lowest BCUT2D eigenvalue weighted by atomic mass is 10.1. The molecule has 8 heteroatoms. The number of aromatic amines is 1. The summed E-state index contributed by atoms with van der Waals surface area (Å²) in [6.07, 6.45) is 1.51. The number of imidazole rings is 1.